The molecule has 0 bridgehead atoms. The maximum atomic E-state index is 11.8. The Bertz CT molecular complexity index is 567. The van der Waals surface area contributed by atoms with Crippen LogP contribution in [-0.4, -0.2) is 23.9 Å². The van der Waals surface area contributed by atoms with E-state index in [0.29, 0.717) is 11.4 Å². The molecule has 2 aromatic rings. The van der Waals surface area contributed by atoms with E-state index in [9.17, 15) is 4.79 Å². The van der Waals surface area contributed by atoms with Crippen molar-refractivity contribution in [3.8, 4) is 11.5 Å². The summed E-state index contributed by atoms with van der Waals surface area (Å²) in [6.07, 6.45) is 0. The minimum atomic E-state index is -0.0866. The molecule has 1 amide bonds. The Morgan fingerprint density at radius 3 is 2.40 bits per heavy atom. The number of anilines is 1. The predicted molar refractivity (Wildman–Crippen MR) is 80.5 cm³/mol. The van der Waals surface area contributed by atoms with Gasteiger partial charge in [-0.3, -0.25) is 4.79 Å². The number of methoxy groups -OCH3 is 1. The van der Waals surface area contributed by atoms with Gasteiger partial charge in [-0.05, 0) is 48.5 Å². The van der Waals surface area contributed by atoms with Crippen LogP contribution in [0.4, 0.5) is 5.69 Å². The van der Waals surface area contributed by atoms with Crippen molar-refractivity contribution in [3.63, 3.8) is 0 Å². The minimum Gasteiger partial charge on any atom is -0.508 e. The summed E-state index contributed by atoms with van der Waals surface area (Å²) < 4.78 is 5.07. The summed E-state index contributed by atoms with van der Waals surface area (Å²) in [6, 6.07) is 13.9. The quantitative estimate of drug-likeness (QED) is 0.656. The second kappa shape index (κ2) is 6.86. The average Bonchev–Trinajstić information content (AvgIpc) is 2.48. The number of hydrogen-bond donors (Lipinski definition) is 2. The van der Waals surface area contributed by atoms with E-state index in [2.05, 4.69) is 5.32 Å². The molecular formula is C15H15NO3S. The summed E-state index contributed by atoms with van der Waals surface area (Å²) in [5.74, 6) is 1.21. The van der Waals surface area contributed by atoms with Gasteiger partial charge in [-0.2, -0.15) is 0 Å². The third-order valence-corrected chi connectivity index (χ3v) is 3.59. The molecule has 0 aliphatic heterocycles. The normalized spacial score (nSPS) is 10.1. The molecule has 0 aliphatic carbocycles. The summed E-state index contributed by atoms with van der Waals surface area (Å²) in [5, 5.41) is 11.9. The Morgan fingerprint density at radius 1 is 1.15 bits per heavy atom. The van der Waals surface area contributed by atoms with Crippen LogP contribution in [0.25, 0.3) is 0 Å². The molecule has 2 rings (SSSR count). The van der Waals surface area contributed by atoms with Crippen molar-refractivity contribution < 1.29 is 14.6 Å². The first kappa shape index (κ1) is 14.3. The van der Waals surface area contributed by atoms with E-state index in [-0.39, 0.29) is 11.7 Å². The van der Waals surface area contributed by atoms with Crippen LogP contribution in [0.1, 0.15) is 0 Å². The maximum absolute atomic E-state index is 11.8. The van der Waals surface area contributed by atoms with Crippen molar-refractivity contribution in [3.05, 3.63) is 48.5 Å². The maximum Gasteiger partial charge on any atom is 0.234 e. The van der Waals surface area contributed by atoms with Gasteiger partial charge >= 0.3 is 0 Å². The standard InChI is InChI=1S/C15H15NO3S/c1-19-13-6-8-14(9-7-13)20-10-15(18)16-11-2-4-12(17)5-3-11/h2-9,17H,10H2,1H3,(H,16,18). The molecule has 4 nitrogen and oxygen atoms in total. The van der Waals surface area contributed by atoms with Crippen molar-refractivity contribution in [2.45, 2.75) is 4.90 Å². The van der Waals surface area contributed by atoms with Gasteiger partial charge in [0.15, 0.2) is 0 Å². The van der Waals surface area contributed by atoms with Gasteiger partial charge in [0.1, 0.15) is 11.5 Å². The molecule has 0 unspecified atom stereocenters. The van der Waals surface area contributed by atoms with E-state index in [4.69, 9.17) is 9.84 Å². The van der Waals surface area contributed by atoms with Gasteiger partial charge in [0.05, 0.1) is 12.9 Å². The lowest BCUT2D eigenvalue weighted by molar-refractivity contribution is -0.113. The predicted octanol–water partition coefficient (Wildman–Crippen LogP) is 3.13. The molecule has 2 N–H and O–H groups in total. The van der Waals surface area contributed by atoms with E-state index in [1.165, 1.54) is 23.9 Å². The van der Waals surface area contributed by atoms with E-state index >= 15 is 0 Å². The Morgan fingerprint density at radius 2 is 1.80 bits per heavy atom. The van der Waals surface area contributed by atoms with Gasteiger partial charge in [-0.1, -0.05) is 0 Å². The lowest BCUT2D eigenvalue weighted by Crippen LogP contribution is -2.13. The number of phenolic OH excluding ortho intramolecular Hbond substituents is 1. The molecule has 0 radical (unpaired) electrons. The smallest absolute Gasteiger partial charge is 0.234 e. The highest BCUT2D eigenvalue weighted by atomic mass is 32.2. The van der Waals surface area contributed by atoms with Gasteiger partial charge < -0.3 is 15.2 Å². The number of hydrogen-bond acceptors (Lipinski definition) is 4. The zero-order valence-electron chi connectivity index (χ0n) is 11.0. The lowest BCUT2D eigenvalue weighted by atomic mass is 10.3. The Kier molecular flexibility index (Phi) is 4.90. The van der Waals surface area contributed by atoms with Crippen LogP contribution in [-0.2, 0) is 4.79 Å². The van der Waals surface area contributed by atoms with Gasteiger partial charge in [0.25, 0.3) is 0 Å². The highest BCUT2D eigenvalue weighted by Crippen LogP contribution is 2.21. The Labute approximate surface area is 121 Å². The van der Waals surface area contributed by atoms with Crippen LogP contribution in [0.2, 0.25) is 0 Å². The van der Waals surface area contributed by atoms with Gasteiger partial charge in [0.2, 0.25) is 5.91 Å². The van der Waals surface area contributed by atoms with Gasteiger partial charge in [0, 0.05) is 10.6 Å². The summed E-state index contributed by atoms with van der Waals surface area (Å²) in [5.41, 5.74) is 0.670. The second-order valence-electron chi connectivity index (χ2n) is 4.06. The van der Waals surface area contributed by atoms with E-state index in [1.54, 1.807) is 19.2 Å². The Hall–Kier alpha value is -2.14. The summed E-state index contributed by atoms with van der Waals surface area (Å²) in [6.45, 7) is 0. The molecule has 2 aromatic carbocycles. The third-order valence-electron chi connectivity index (χ3n) is 2.58. The third kappa shape index (κ3) is 4.20. The molecule has 0 heterocycles. The fourth-order valence-corrected chi connectivity index (χ4v) is 2.26. The molecule has 0 saturated carbocycles. The van der Waals surface area contributed by atoms with Crippen LogP contribution in [0.5, 0.6) is 11.5 Å². The number of nitrogens with one attached hydrogen (secondary N) is 1. The van der Waals surface area contributed by atoms with Crippen molar-refractivity contribution >= 4 is 23.4 Å². The van der Waals surface area contributed by atoms with Crippen LogP contribution >= 0.6 is 11.8 Å². The number of amides is 1. The molecule has 0 spiro atoms. The second-order valence-corrected chi connectivity index (χ2v) is 5.11. The molecular weight excluding hydrogens is 274 g/mol. The average molecular weight is 289 g/mol. The summed E-state index contributed by atoms with van der Waals surface area (Å²) in [4.78, 5) is 12.8. The highest BCUT2D eigenvalue weighted by molar-refractivity contribution is 8.00. The number of phenols is 1. The van der Waals surface area contributed by atoms with Crippen LogP contribution < -0.4 is 10.1 Å². The number of rotatable bonds is 5. The molecule has 0 saturated heterocycles. The summed E-state index contributed by atoms with van der Waals surface area (Å²) in [7, 11) is 1.62. The molecule has 0 aliphatic rings. The Balaban J connectivity index is 1.83. The SMILES string of the molecule is COc1ccc(SCC(=O)Nc2ccc(O)cc2)cc1. The van der Waals surface area contributed by atoms with Gasteiger partial charge in [-0.25, -0.2) is 0 Å². The zero-order valence-corrected chi connectivity index (χ0v) is 11.8. The monoisotopic (exact) mass is 289 g/mol. The topological polar surface area (TPSA) is 58.6 Å². The number of carbonyl (C=O) groups is 1. The zero-order chi connectivity index (χ0) is 14.4. The van der Waals surface area contributed by atoms with Crippen molar-refractivity contribution in [1.82, 2.24) is 0 Å². The minimum absolute atomic E-state index is 0.0866. The molecule has 104 valence electrons. The fourth-order valence-electron chi connectivity index (χ4n) is 1.56. The highest BCUT2D eigenvalue weighted by Gasteiger charge is 2.04. The van der Waals surface area contributed by atoms with Crippen molar-refractivity contribution in [2.75, 3.05) is 18.2 Å². The van der Waals surface area contributed by atoms with Crippen LogP contribution in [0, 0.1) is 0 Å². The number of carbonyl (C=O) groups excluding carboxylic acids is 1. The van der Waals surface area contributed by atoms with Crippen molar-refractivity contribution in [1.29, 1.82) is 0 Å². The first-order chi connectivity index (χ1) is 9.67. The van der Waals surface area contributed by atoms with Crippen molar-refractivity contribution in [2.24, 2.45) is 0 Å². The van der Waals surface area contributed by atoms with E-state index < -0.39 is 0 Å². The van der Waals surface area contributed by atoms with Crippen LogP contribution in [0.3, 0.4) is 0 Å². The van der Waals surface area contributed by atoms with E-state index in [1.807, 2.05) is 24.3 Å². The number of aromatic hydroxyl groups is 1. The largest absolute Gasteiger partial charge is 0.508 e. The molecule has 0 atom stereocenters. The molecule has 20 heavy (non-hydrogen) atoms. The molecule has 5 heteroatoms. The molecule has 0 aromatic heterocycles. The fraction of sp³-hybridized carbons (Fsp3) is 0.133. The van der Waals surface area contributed by atoms with E-state index in [0.717, 1.165) is 10.6 Å². The lowest BCUT2D eigenvalue weighted by Gasteiger charge is -2.06. The van der Waals surface area contributed by atoms with Gasteiger partial charge in [-0.15, -0.1) is 11.8 Å². The number of benzene rings is 2. The first-order valence-corrected chi connectivity index (χ1v) is 7.01. The number of ether oxygens (including phenoxy) is 1. The first-order valence-electron chi connectivity index (χ1n) is 6.03. The van der Waals surface area contributed by atoms with Crippen LogP contribution in [0.15, 0.2) is 53.4 Å². The molecule has 0 fully saturated rings. The number of thioether (sulfide) groups is 1. The summed E-state index contributed by atoms with van der Waals surface area (Å²) >= 11 is 1.45.